The summed E-state index contributed by atoms with van der Waals surface area (Å²) in [6.45, 7) is 0. The number of benzene rings is 1. The van der Waals surface area contributed by atoms with E-state index in [0.29, 0.717) is 6.42 Å². The number of fused-ring (bicyclic) bond motifs is 1. The van der Waals surface area contributed by atoms with Crippen molar-refractivity contribution in [3.8, 4) is 0 Å². The van der Waals surface area contributed by atoms with Crippen molar-refractivity contribution in [3.63, 3.8) is 0 Å². The van der Waals surface area contributed by atoms with Crippen molar-refractivity contribution < 1.29 is 9.90 Å². The van der Waals surface area contributed by atoms with Gasteiger partial charge in [0.25, 0.3) is 0 Å². The first-order valence-corrected chi connectivity index (χ1v) is 4.11. The molecule has 1 aliphatic heterocycles. The molecule has 66 valence electrons. The summed E-state index contributed by atoms with van der Waals surface area (Å²) in [5.74, 6) is -0.856. The van der Waals surface area contributed by atoms with Gasteiger partial charge in [-0.25, -0.2) is 4.79 Å². The summed E-state index contributed by atoms with van der Waals surface area (Å²) in [6.07, 6.45) is 2.14. The van der Waals surface area contributed by atoms with Gasteiger partial charge in [0, 0.05) is 12.6 Å². The molecule has 0 radical (unpaired) electrons. The Morgan fingerprint density at radius 2 is 2.23 bits per heavy atom. The Morgan fingerprint density at radius 1 is 1.46 bits per heavy atom. The van der Waals surface area contributed by atoms with Crippen LogP contribution in [0.15, 0.2) is 29.3 Å². The van der Waals surface area contributed by atoms with Crippen molar-refractivity contribution in [3.05, 3.63) is 35.4 Å². The summed E-state index contributed by atoms with van der Waals surface area (Å²) >= 11 is 0. The zero-order valence-corrected chi connectivity index (χ0v) is 6.97. The molecule has 0 amide bonds. The number of carbonyl (C=O) groups is 1. The molecule has 1 aromatic carbocycles. The summed E-state index contributed by atoms with van der Waals surface area (Å²) in [5.41, 5.74) is 2.09. The van der Waals surface area contributed by atoms with Crippen molar-refractivity contribution in [2.45, 2.75) is 12.5 Å². The highest BCUT2D eigenvalue weighted by molar-refractivity contribution is 5.87. The van der Waals surface area contributed by atoms with Crippen LogP contribution in [0.5, 0.6) is 0 Å². The van der Waals surface area contributed by atoms with E-state index in [4.69, 9.17) is 5.11 Å². The lowest BCUT2D eigenvalue weighted by Crippen LogP contribution is -2.24. The van der Waals surface area contributed by atoms with E-state index in [2.05, 4.69) is 4.99 Å². The van der Waals surface area contributed by atoms with Crippen LogP contribution in [0.3, 0.4) is 0 Å². The lowest BCUT2D eigenvalue weighted by atomic mass is 9.98. The van der Waals surface area contributed by atoms with E-state index in [1.54, 1.807) is 6.21 Å². The average Bonchev–Trinajstić information content (AvgIpc) is 2.17. The van der Waals surface area contributed by atoms with Crippen molar-refractivity contribution >= 4 is 12.2 Å². The van der Waals surface area contributed by atoms with Crippen LogP contribution in [0, 0.1) is 0 Å². The van der Waals surface area contributed by atoms with Crippen LogP contribution in [0.25, 0.3) is 0 Å². The van der Waals surface area contributed by atoms with Gasteiger partial charge in [0.15, 0.2) is 6.04 Å². The van der Waals surface area contributed by atoms with Gasteiger partial charge < -0.3 is 5.11 Å². The minimum atomic E-state index is -0.856. The molecule has 0 aliphatic carbocycles. The van der Waals surface area contributed by atoms with Crippen LogP contribution in [-0.4, -0.2) is 23.3 Å². The van der Waals surface area contributed by atoms with Gasteiger partial charge in [0.05, 0.1) is 0 Å². The van der Waals surface area contributed by atoms with Crippen LogP contribution in [0.2, 0.25) is 0 Å². The van der Waals surface area contributed by atoms with Crippen molar-refractivity contribution in [1.82, 2.24) is 0 Å². The molecule has 0 saturated heterocycles. The molecular formula is C10H9NO2. The molecule has 0 fully saturated rings. The summed E-state index contributed by atoms with van der Waals surface area (Å²) in [5, 5.41) is 8.75. The zero-order chi connectivity index (χ0) is 9.26. The number of hydrogen-bond acceptors (Lipinski definition) is 2. The second-order valence-electron chi connectivity index (χ2n) is 3.04. The number of aliphatic carboxylic acids is 1. The summed E-state index contributed by atoms with van der Waals surface area (Å²) in [7, 11) is 0. The molecule has 1 N–H and O–H groups in total. The van der Waals surface area contributed by atoms with Crippen molar-refractivity contribution in [2.24, 2.45) is 4.99 Å². The second kappa shape index (κ2) is 3.01. The maximum Gasteiger partial charge on any atom is 0.328 e. The van der Waals surface area contributed by atoms with Crippen LogP contribution < -0.4 is 0 Å². The fourth-order valence-electron chi connectivity index (χ4n) is 1.43. The van der Waals surface area contributed by atoms with E-state index in [-0.39, 0.29) is 0 Å². The molecule has 1 aromatic rings. The number of aliphatic imine (C=N–C) groups is 1. The maximum atomic E-state index is 10.7. The minimum absolute atomic E-state index is 0.502. The number of hydrogen-bond donors (Lipinski definition) is 1. The molecule has 0 aromatic heterocycles. The SMILES string of the molecule is O=C(O)C1Cc2ccccc2C=N1. The first-order chi connectivity index (χ1) is 6.27. The fraction of sp³-hybridized carbons (Fsp3) is 0.200. The Balaban J connectivity index is 2.34. The standard InChI is InChI=1S/C10H9NO2/c12-10(13)9-5-7-3-1-2-4-8(7)6-11-9/h1-4,6,9H,5H2,(H,12,13). The van der Waals surface area contributed by atoms with Gasteiger partial charge in [-0.15, -0.1) is 0 Å². The van der Waals surface area contributed by atoms with E-state index in [1.165, 1.54) is 0 Å². The van der Waals surface area contributed by atoms with Crippen LogP contribution in [-0.2, 0) is 11.2 Å². The molecule has 1 aliphatic rings. The summed E-state index contributed by atoms with van der Waals surface area (Å²) in [6, 6.07) is 7.12. The average molecular weight is 175 g/mol. The third kappa shape index (κ3) is 1.45. The largest absolute Gasteiger partial charge is 0.480 e. The molecular weight excluding hydrogens is 166 g/mol. The van der Waals surface area contributed by atoms with Crippen LogP contribution >= 0.6 is 0 Å². The predicted octanol–water partition coefficient (Wildman–Crippen LogP) is 1.11. The summed E-state index contributed by atoms with van der Waals surface area (Å²) < 4.78 is 0. The Kier molecular flexibility index (Phi) is 1.85. The highest BCUT2D eigenvalue weighted by atomic mass is 16.4. The second-order valence-corrected chi connectivity index (χ2v) is 3.04. The maximum absolute atomic E-state index is 10.7. The van der Waals surface area contributed by atoms with E-state index in [9.17, 15) is 4.79 Å². The highest BCUT2D eigenvalue weighted by Gasteiger charge is 2.20. The Hall–Kier alpha value is -1.64. The first-order valence-electron chi connectivity index (χ1n) is 4.11. The van der Waals surface area contributed by atoms with Gasteiger partial charge in [-0.05, 0) is 11.1 Å². The lowest BCUT2D eigenvalue weighted by molar-refractivity contribution is -0.138. The van der Waals surface area contributed by atoms with Crippen LogP contribution in [0.1, 0.15) is 11.1 Å². The molecule has 2 rings (SSSR count). The summed E-state index contributed by atoms with van der Waals surface area (Å²) in [4.78, 5) is 14.6. The van der Waals surface area contributed by atoms with E-state index >= 15 is 0 Å². The van der Waals surface area contributed by atoms with Gasteiger partial charge in [-0.1, -0.05) is 24.3 Å². The molecule has 3 nitrogen and oxygen atoms in total. The highest BCUT2D eigenvalue weighted by Crippen LogP contribution is 2.15. The zero-order valence-electron chi connectivity index (χ0n) is 6.97. The normalized spacial score (nSPS) is 19.5. The van der Waals surface area contributed by atoms with E-state index < -0.39 is 12.0 Å². The molecule has 3 heteroatoms. The number of rotatable bonds is 1. The lowest BCUT2D eigenvalue weighted by Gasteiger charge is -2.14. The molecule has 1 unspecified atom stereocenters. The van der Waals surface area contributed by atoms with E-state index in [0.717, 1.165) is 11.1 Å². The van der Waals surface area contributed by atoms with Gasteiger partial charge in [0.1, 0.15) is 0 Å². The van der Waals surface area contributed by atoms with Gasteiger partial charge >= 0.3 is 5.97 Å². The molecule has 1 heterocycles. The Labute approximate surface area is 75.7 Å². The van der Waals surface area contributed by atoms with E-state index in [1.807, 2.05) is 24.3 Å². The molecule has 0 spiro atoms. The fourth-order valence-corrected chi connectivity index (χ4v) is 1.43. The molecule has 0 saturated carbocycles. The Bertz CT molecular complexity index is 371. The third-order valence-corrected chi connectivity index (χ3v) is 2.15. The van der Waals surface area contributed by atoms with Crippen molar-refractivity contribution in [1.29, 1.82) is 0 Å². The first kappa shape index (κ1) is 7.98. The van der Waals surface area contributed by atoms with Gasteiger partial charge in [-0.3, -0.25) is 4.99 Å². The van der Waals surface area contributed by atoms with Crippen LogP contribution in [0.4, 0.5) is 0 Å². The van der Waals surface area contributed by atoms with Crippen molar-refractivity contribution in [2.75, 3.05) is 0 Å². The third-order valence-electron chi connectivity index (χ3n) is 2.15. The number of nitrogens with zero attached hydrogens (tertiary/aromatic N) is 1. The molecule has 1 atom stereocenters. The molecule has 13 heavy (non-hydrogen) atoms. The molecule has 0 bridgehead atoms. The quantitative estimate of drug-likeness (QED) is 0.695. The number of carboxylic acid groups (broad SMARTS) is 1. The van der Waals surface area contributed by atoms with Gasteiger partial charge in [-0.2, -0.15) is 0 Å². The predicted molar refractivity (Wildman–Crippen MR) is 49.2 cm³/mol. The Morgan fingerprint density at radius 3 is 3.00 bits per heavy atom. The smallest absolute Gasteiger partial charge is 0.328 e. The number of carboxylic acids is 1. The van der Waals surface area contributed by atoms with Gasteiger partial charge in [0.2, 0.25) is 0 Å². The topological polar surface area (TPSA) is 49.7 Å². The minimum Gasteiger partial charge on any atom is -0.480 e. The monoisotopic (exact) mass is 175 g/mol.